The Labute approximate surface area is 155 Å². The largest absolute Gasteiger partial charge is 0.483 e. The Morgan fingerprint density at radius 2 is 2.08 bits per heavy atom. The molecule has 0 aliphatic rings. The third-order valence-corrected chi connectivity index (χ3v) is 5.02. The maximum atomic E-state index is 10.8. The van der Waals surface area contributed by atoms with Gasteiger partial charge in [-0.2, -0.15) is 0 Å². The van der Waals surface area contributed by atoms with Crippen molar-refractivity contribution in [3.63, 3.8) is 0 Å². The fourth-order valence-electron chi connectivity index (χ4n) is 2.37. The van der Waals surface area contributed by atoms with Gasteiger partial charge in [0.1, 0.15) is 5.75 Å². The van der Waals surface area contributed by atoms with Crippen molar-refractivity contribution in [3.8, 4) is 5.75 Å². The van der Waals surface area contributed by atoms with Gasteiger partial charge >= 0.3 is 5.97 Å². The summed E-state index contributed by atoms with van der Waals surface area (Å²) in [6, 6.07) is 3.75. The number of allylic oxidation sites excluding steroid dienone is 1. The Morgan fingerprint density at radius 1 is 1.44 bits per heavy atom. The summed E-state index contributed by atoms with van der Waals surface area (Å²) in [6.45, 7) is 9.92. The molecule has 6 nitrogen and oxygen atoms in total. The van der Waals surface area contributed by atoms with E-state index >= 15 is 0 Å². The second kappa shape index (κ2) is 8.40. The Morgan fingerprint density at radius 3 is 2.64 bits per heavy atom. The predicted octanol–water partition coefficient (Wildman–Crippen LogP) is 4.05. The number of carboxylic acid groups (broad SMARTS) is 1. The summed E-state index contributed by atoms with van der Waals surface area (Å²) >= 11 is 7.31. The van der Waals surface area contributed by atoms with Crippen molar-refractivity contribution in [2.75, 3.05) is 5.75 Å². The third-order valence-electron chi connectivity index (χ3n) is 3.47. The van der Waals surface area contributed by atoms with E-state index in [4.69, 9.17) is 21.4 Å². The van der Waals surface area contributed by atoms with E-state index in [1.165, 1.54) is 0 Å². The molecule has 8 heteroatoms. The first-order valence-electron chi connectivity index (χ1n) is 7.65. The normalized spacial score (nSPS) is 12.0. The summed E-state index contributed by atoms with van der Waals surface area (Å²) < 4.78 is 7.81. The summed E-state index contributed by atoms with van der Waals surface area (Å²) in [5.41, 5.74) is 1.88. The van der Waals surface area contributed by atoms with Gasteiger partial charge in [-0.3, -0.25) is 9.36 Å². The van der Waals surface area contributed by atoms with Crippen molar-refractivity contribution < 1.29 is 14.6 Å². The number of thioether (sulfide) groups is 1. The molecule has 1 aromatic heterocycles. The number of aryl methyl sites for hydroxylation is 2. The first-order valence-corrected chi connectivity index (χ1v) is 9.01. The van der Waals surface area contributed by atoms with E-state index in [2.05, 4.69) is 16.8 Å². The van der Waals surface area contributed by atoms with E-state index in [1.807, 2.05) is 32.9 Å². The molecule has 25 heavy (non-hydrogen) atoms. The van der Waals surface area contributed by atoms with Crippen LogP contribution in [0.4, 0.5) is 0 Å². The number of rotatable bonds is 8. The SMILES string of the molecule is C=CCn1c(SCC(=O)O)nnc1C(C)Oc1cc(C)c(Cl)c(C)c1. The van der Waals surface area contributed by atoms with Crippen molar-refractivity contribution in [3.05, 3.63) is 46.8 Å². The number of hydrogen-bond donors (Lipinski definition) is 1. The molecule has 1 N–H and O–H groups in total. The quantitative estimate of drug-likeness (QED) is 0.549. The first-order chi connectivity index (χ1) is 11.8. The maximum Gasteiger partial charge on any atom is 0.313 e. The van der Waals surface area contributed by atoms with Crippen molar-refractivity contribution in [1.29, 1.82) is 0 Å². The number of carboxylic acids is 1. The number of hydrogen-bond acceptors (Lipinski definition) is 5. The monoisotopic (exact) mass is 381 g/mol. The van der Waals surface area contributed by atoms with Gasteiger partial charge in [-0.1, -0.05) is 29.4 Å². The molecule has 1 unspecified atom stereocenters. The van der Waals surface area contributed by atoms with Crippen LogP contribution in [0.1, 0.15) is 30.0 Å². The Kier molecular flexibility index (Phi) is 6.50. The second-order valence-corrected chi connectivity index (χ2v) is 6.87. The van der Waals surface area contributed by atoms with Crippen molar-refractivity contribution in [1.82, 2.24) is 14.8 Å². The molecule has 0 aliphatic carbocycles. The lowest BCUT2D eigenvalue weighted by Crippen LogP contribution is -2.12. The summed E-state index contributed by atoms with van der Waals surface area (Å²) in [4.78, 5) is 10.8. The van der Waals surface area contributed by atoms with Gasteiger partial charge in [0, 0.05) is 11.6 Å². The molecule has 2 aromatic rings. The molecule has 1 atom stereocenters. The van der Waals surface area contributed by atoms with Gasteiger partial charge in [-0.25, -0.2) is 0 Å². The van der Waals surface area contributed by atoms with Crippen LogP contribution in [0.25, 0.3) is 0 Å². The van der Waals surface area contributed by atoms with Crippen molar-refractivity contribution in [2.45, 2.75) is 38.6 Å². The number of benzene rings is 1. The minimum absolute atomic E-state index is 0.0832. The molecule has 0 fully saturated rings. The lowest BCUT2D eigenvalue weighted by Gasteiger charge is -2.17. The average molecular weight is 382 g/mol. The Balaban J connectivity index is 2.24. The van der Waals surface area contributed by atoms with Gasteiger partial charge in [0.25, 0.3) is 0 Å². The maximum absolute atomic E-state index is 10.8. The molecule has 0 aliphatic heterocycles. The highest BCUT2D eigenvalue weighted by Gasteiger charge is 2.20. The topological polar surface area (TPSA) is 77.2 Å². The van der Waals surface area contributed by atoms with Crippen LogP contribution in [-0.4, -0.2) is 31.6 Å². The molecule has 0 spiro atoms. The molecule has 0 saturated carbocycles. The third kappa shape index (κ3) is 4.76. The molecular weight excluding hydrogens is 362 g/mol. The summed E-state index contributed by atoms with van der Waals surface area (Å²) in [6.07, 6.45) is 1.34. The Bertz CT molecular complexity index is 768. The standard InChI is InChI=1S/C17H20ClN3O3S/c1-5-6-21-16(19-20-17(21)25-9-14(22)23)12(4)24-13-7-10(2)15(18)11(3)8-13/h5,7-8,12H,1,6,9H2,2-4H3,(H,22,23). The lowest BCUT2D eigenvalue weighted by molar-refractivity contribution is -0.133. The number of halogens is 1. The van der Waals surface area contributed by atoms with Gasteiger partial charge in [-0.15, -0.1) is 16.8 Å². The average Bonchev–Trinajstić information content (AvgIpc) is 2.94. The van der Waals surface area contributed by atoms with Crippen LogP contribution in [-0.2, 0) is 11.3 Å². The van der Waals surface area contributed by atoms with Crippen molar-refractivity contribution >= 4 is 29.3 Å². The highest BCUT2D eigenvalue weighted by molar-refractivity contribution is 7.99. The van der Waals surface area contributed by atoms with Gasteiger partial charge in [0.15, 0.2) is 17.1 Å². The van der Waals surface area contributed by atoms with E-state index < -0.39 is 5.97 Å². The summed E-state index contributed by atoms with van der Waals surface area (Å²) in [7, 11) is 0. The number of aromatic nitrogens is 3. The number of aliphatic carboxylic acids is 1. The fraction of sp³-hybridized carbons (Fsp3) is 0.353. The highest BCUT2D eigenvalue weighted by Crippen LogP contribution is 2.29. The zero-order valence-corrected chi connectivity index (χ0v) is 15.9. The second-order valence-electron chi connectivity index (χ2n) is 5.55. The number of ether oxygens (including phenoxy) is 1. The van der Waals surface area contributed by atoms with Gasteiger partial charge in [-0.05, 0) is 44.0 Å². The van der Waals surface area contributed by atoms with Crippen LogP contribution in [0.5, 0.6) is 5.75 Å². The molecule has 1 aromatic carbocycles. The number of nitrogens with zero attached hydrogens (tertiary/aromatic N) is 3. The molecule has 1 heterocycles. The zero-order valence-electron chi connectivity index (χ0n) is 14.3. The minimum Gasteiger partial charge on any atom is -0.483 e. The smallest absolute Gasteiger partial charge is 0.313 e. The van der Waals surface area contributed by atoms with E-state index in [-0.39, 0.29) is 11.9 Å². The first kappa shape index (κ1) is 19.3. The molecule has 0 radical (unpaired) electrons. The molecule has 0 amide bonds. The summed E-state index contributed by atoms with van der Waals surface area (Å²) in [5.74, 6) is 0.314. The minimum atomic E-state index is -0.906. The van der Waals surface area contributed by atoms with Crippen LogP contribution < -0.4 is 4.74 Å². The van der Waals surface area contributed by atoms with E-state index in [1.54, 1.807) is 10.6 Å². The summed E-state index contributed by atoms with van der Waals surface area (Å²) in [5, 5.41) is 18.3. The molecule has 2 rings (SSSR count). The Hall–Kier alpha value is -1.99. The highest BCUT2D eigenvalue weighted by atomic mass is 35.5. The van der Waals surface area contributed by atoms with Crippen LogP contribution in [0, 0.1) is 13.8 Å². The van der Waals surface area contributed by atoms with E-state index in [0.717, 1.165) is 27.9 Å². The predicted molar refractivity (Wildman–Crippen MR) is 98.5 cm³/mol. The molecule has 0 bridgehead atoms. The van der Waals surface area contributed by atoms with Crippen LogP contribution in [0.15, 0.2) is 29.9 Å². The fourth-order valence-corrected chi connectivity index (χ4v) is 3.15. The van der Waals surface area contributed by atoms with E-state index in [9.17, 15) is 4.79 Å². The van der Waals surface area contributed by atoms with Crippen molar-refractivity contribution in [2.24, 2.45) is 0 Å². The van der Waals surface area contributed by atoms with Gasteiger partial charge < -0.3 is 9.84 Å². The molecular formula is C17H20ClN3O3S. The lowest BCUT2D eigenvalue weighted by atomic mass is 10.1. The molecule has 134 valence electrons. The number of carbonyl (C=O) groups is 1. The van der Waals surface area contributed by atoms with Gasteiger partial charge in [0.2, 0.25) is 0 Å². The van der Waals surface area contributed by atoms with Crippen LogP contribution in [0.2, 0.25) is 5.02 Å². The zero-order chi connectivity index (χ0) is 18.6. The molecule has 0 saturated heterocycles. The van der Waals surface area contributed by atoms with E-state index in [0.29, 0.717) is 23.3 Å². The van der Waals surface area contributed by atoms with Gasteiger partial charge in [0.05, 0.1) is 5.75 Å². The van der Waals surface area contributed by atoms with Crippen LogP contribution >= 0.6 is 23.4 Å². The van der Waals surface area contributed by atoms with Crippen LogP contribution in [0.3, 0.4) is 0 Å².